The Morgan fingerprint density at radius 2 is 1.78 bits per heavy atom. The van der Waals surface area contributed by atoms with Crippen LogP contribution in [0.5, 0.6) is 5.75 Å². The molecule has 0 saturated carbocycles. The minimum Gasteiger partial charge on any atom is -0.493 e. The summed E-state index contributed by atoms with van der Waals surface area (Å²) in [6.07, 6.45) is 3.33. The first-order valence-corrected chi connectivity index (χ1v) is 11.2. The van der Waals surface area contributed by atoms with Crippen LogP contribution in [0.3, 0.4) is 0 Å². The largest absolute Gasteiger partial charge is 0.493 e. The molecule has 0 fully saturated rings. The fourth-order valence-electron chi connectivity index (χ4n) is 2.82. The summed E-state index contributed by atoms with van der Waals surface area (Å²) >= 11 is 0. The Morgan fingerprint density at radius 1 is 1.09 bits per heavy atom. The normalized spacial score (nSPS) is 11.8. The van der Waals surface area contributed by atoms with Gasteiger partial charge in [-0.15, -0.1) is 0 Å². The van der Waals surface area contributed by atoms with Crippen LogP contribution in [0, 0.1) is 0 Å². The third kappa shape index (κ3) is 5.55. The van der Waals surface area contributed by atoms with Crippen molar-refractivity contribution in [2.75, 3.05) is 27.8 Å². The molecule has 3 rings (SSSR count). The molecule has 0 radical (unpaired) electrons. The molecule has 0 amide bonds. The second kappa shape index (κ2) is 10.1. The van der Waals surface area contributed by atoms with E-state index in [0.29, 0.717) is 24.7 Å². The molecule has 0 atom stereocenters. The topological polar surface area (TPSA) is 98.9 Å². The number of benzene rings is 2. The molecule has 3 aromatic rings. The molecule has 0 N–H and O–H groups in total. The van der Waals surface area contributed by atoms with Gasteiger partial charge in [-0.05, 0) is 36.4 Å². The highest BCUT2D eigenvalue weighted by Gasteiger charge is 2.28. The summed E-state index contributed by atoms with van der Waals surface area (Å²) < 4.78 is 41.5. The summed E-state index contributed by atoms with van der Waals surface area (Å²) in [5.41, 5.74) is 1.64. The molecule has 0 aliphatic carbocycles. The van der Waals surface area contributed by atoms with Crippen LogP contribution in [0.15, 0.2) is 81.3 Å². The fourth-order valence-corrected chi connectivity index (χ4v) is 4.22. The predicted molar refractivity (Wildman–Crippen MR) is 119 cm³/mol. The monoisotopic (exact) mass is 456 g/mol. The van der Waals surface area contributed by atoms with Gasteiger partial charge in [-0.1, -0.05) is 18.2 Å². The van der Waals surface area contributed by atoms with Crippen molar-refractivity contribution in [2.24, 2.45) is 0 Å². The Labute approximate surface area is 187 Å². The smallest absolute Gasteiger partial charge is 0.351 e. The van der Waals surface area contributed by atoms with Crippen molar-refractivity contribution in [1.29, 1.82) is 0 Å². The summed E-state index contributed by atoms with van der Waals surface area (Å²) in [6.45, 7) is 0.334. The molecule has 1 aromatic heterocycles. The summed E-state index contributed by atoms with van der Waals surface area (Å²) in [4.78, 5) is 17.4. The number of esters is 1. The Bertz CT molecular complexity index is 1180. The van der Waals surface area contributed by atoms with Gasteiger partial charge in [0.1, 0.15) is 12.0 Å². The minimum absolute atomic E-state index is 0.0349. The lowest BCUT2D eigenvalue weighted by molar-refractivity contribution is -0.135. The molecular formula is C23H24N2O6S. The third-order valence-electron chi connectivity index (χ3n) is 4.38. The zero-order chi connectivity index (χ0) is 23.1. The van der Waals surface area contributed by atoms with Crippen molar-refractivity contribution in [3.63, 3.8) is 0 Å². The maximum Gasteiger partial charge on any atom is 0.351 e. The van der Waals surface area contributed by atoms with Gasteiger partial charge in [-0.2, -0.15) is 0 Å². The van der Waals surface area contributed by atoms with Gasteiger partial charge >= 0.3 is 5.97 Å². The van der Waals surface area contributed by atoms with Gasteiger partial charge in [-0.3, -0.25) is 0 Å². The van der Waals surface area contributed by atoms with Crippen molar-refractivity contribution in [3.8, 4) is 17.2 Å². The van der Waals surface area contributed by atoms with Gasteiger partial charge in [0.2, 0.25) is 15.7 Å². The first-order valence-electron chi connectivity index (χ1n) is 9.75. The van der Waals surface area contributed by atoms with Crippen LogP contribution in [0.25, 0.3) is 11.5 Å². The number of methoxy groups -OCH3 is 1. The van der Waals surface area contributed by atoms with Crippen molar-refractivity contribution in [3.05, 3.63) is 77.7 Å². The SMILES string of the molecule is COC(=O)/C(=C\N(C)C)S(=O)(=O)c1ccc(OCCc2coc(-c3ccccc3)n2)cc1. The van der Waals surface area contributed by atoms with Crippen LogP contribution in [0.4, 0.5) is 0 Å². The van der Waals surface area contributed by atoms with Gasteiger partial charge in [0, 0.05) is 32.3 Å². The number of oxazole rings is 1. The van der Waals surface area contributed by atoms with E-state index in [2.05, 4.69) is 9.72 Å². The number of hydrogen-bond acceptors (Lipinski definition) is 8. The quantitative estimate of drug-likeness (QED) is 0.357. The molecule has 168 valence electrons. The van der Waals surface area contributed by atoms with E-state index < -0.39 is 20.7 Å². The van der Waals surface area contributed by atoms with Crippen LogP contribution < -0.4 is 4.74 Å². The van der Waals surface area contributed by atoms with Gasteiger partial charge < -0.3 is 18.8 Å². The van der Waals surface area contributed by atoms with E-state index in [9.17, 15) is 13.2 Å². The predicted octanol–water partition coefficient (Wildman–Crippen LogP) is 3.31. The molecule has 0 saturated heterocycles. The Kier molecular flexibility index (Phi) is 7.32. The van der Waals surface area contributed by atoms with Gasteiger partial charge in [0.05, 0.1) is 24.3 Å². The molecule has 0 bridgehead atoms. The van der Waals surface area contributed by atoms with E-state index in [1.54, 1.807) is 20.4 Å². The van der Waals surface area contributed by atoms with Gasteiger partial charge in [0.25, 0.3) is 0 Å². The van der Waals surface area contributed by atoms with E-state index in [0.717, 1.165) is 18.4 Å². The minimum atomic E-state index is -4.04. The van der Waals surface area contributed by atoms with Crippen molar-refractivity contribution in [2.45, 2.75) is 11.3 Å². The molecule has 32 heavy (non-hydrogen) atoms. The molecule has 8 nitrogen and oxygen atoms in total. The highest BCUT2D eigenvalue weighted by molar-refractivity contribution is 7.96. The number of ether oxygens (including phenoxy) is 2. The van der Waals surface area contributed by atoms with Crippen molar-refractivity contribution >= 4 is 15.8 Å². The summed E-state index contributed by atoms with van der Waals surface area (Å²) in [6, 6.07) is 15.4. The number of carbonyl (C=O) groups excluding carboxylic acids is 1. The summed E-state index contributed by atoms with van der Waals surface area (Å²) in [5.74, 6) is 0.107. The molecule has 9 heteroatoms. The highest BCUT2D eigenvalue weighted by atomic mass is 32.2. The second-order valence-electron chi connectivity index (χ2n) is 7.03. The highest BCUT2D eigenvalue weighted by Crippen LogP contribution is 2.24. The van der Waals surface area contributed by atoms with E-state index in [4.69, 9.17) is 9.15 Å². The van der Waals surface area contributed by atoms with Crippen molar-refractivity contribution < 1.29 is 27.1 Å². The maximum absolute atomic E-state index is 12.8. The van der Waals surface area contributed by atoms with E-state index in [1.807, 2.05) is 30.3 Å². The Hall–Kier alpha value is -3.59. The molecule has 0 unspecified atom stereocenters. The average Bonchev–Trinajstić information content (AvgIpc) is 3.27. The maximum atomic E-state index is 12.8. The Morgan fingerprint density at radius 3 is 2.41 bits per heavy atom. The van der Waals surface area contributed by atoms with Crippen LogP contribution in [0.1, 0.15) is 5.69 Å². The molecule has 0 aliphatic heterocycles. The third-order valence-corrected chi connectivity index (χ3v) is 6.13. The second-order valence-corrected chi connectivity index (χ2v) is 8.95. The van der Waals surface area contributed by atoms with E-state index >= 15 is 0 Å². The number of nitrogens with zero attached hydrogens (tertiary/aromatic N) is 2. The van der Waals surface area contributed by atoms with Gasteiger partial charge in [-0.25, -0.2) is 18.2 Å². The lowest BCUT2D eigenvalue weighted by Crippen LogP contribution is -2.18. The number of sulfone groups is 1. The standard InChI is InChI=1S/C23H24N2O6S/c1-25(2)15-21(23(26)29-3)32(27,28)20-11-9-19(10-12-20)30-14-13-18-16-31-22(24-18)17-7-5-4-6-8-17/h4-12,15-16H,13-14H2,1-3H3/b21-15+. The molecule has 2 aromatic carbocycles. The number of hydrogen-bond donors (Lipinski definition) is 0. The molecule has 1 heterocycles. The number of rotatable bonds is 9. The van der Waals surface area contributed by atoms with E-state index in [1.165, 1.54) is 35.4 Å². The van der Waals surface area contributed by atoms with Crippen LogP contribution in [0.2, 0.25) is 0 Å². The molecular weight excluding hydrogens is 432 g/mol. The zero-order valence-electron chi connectivity index (χ0n) is 18.0. The van der Waals surface area contributed by atoms with Crippen molar-refractivity contribution in [1.82, 2.24) is 9.88 Å². The lowest BCUT2D eigenvalue weighted by atomic mass is 10.2. The van der Waals surface area contributed by atoms with Crippen LogP contribution in [-0.4, -0.2) is 52.1 Å². The average molecular weight is 457 g/mol. The summed E-state index contributed by atoms with van der Waals surface area (Å²) in [5, 5.41) is 0. The van der Waals surface area contributed by atoms with Gasteiger partial charge in [0.15, 0.2) is 4.91 Å². The Balaban J connectivity index is 1.63. The fraction of sp³-hybridized carbons (Fsp3) is 0.217. The number of carbonyl (C=O) groups is 1. The van der Waals surface area contributed by atoms with E-state index in [-0.39, 0.29) is 4.90 Å². The van der Waals surface area contributed by atoms with Crippen LogP contribution in [-0.2, 0) is 25.8 Å². The zero-order valence-corrected chi connectivity index (χ0v) is 18.8. The van der Waals surface area contributed by atoms with Crippen LogP contribution >= 0.6 is 0 Å². The lowest BCUT2D eigenvalue weighted by Gasteiger charge is -2.12. The molecule has 0 aliphatic rings. The number of aromatic nitrogens is 1. The summed E-state index contributed by atoms with van der Waals surface area (Å²) in [7, 11) is 0.327. The first kappa shape index (κ1) is 23.1. The molecule has 0 spiro atoms. The first-order chi connectivity index (χ1) is 15.3.